The zero-order valence-corrected chi connectivity index (χ0v) is 7.86. The van der Waals surface area contributed by atoms with Gasteiger partial charge in [-0.15, -0.1) is 0 Å². The summed E-state index contributed by atoms with van der Waals surface area (Å²) in [5, 5.41) is 0. The summed E-state index contributed by atoms with van der Waals surface area (Å²) in [5.41, 5.74) is 7.24. The number of hydrogen-bond acceptors (Lipinski definition) is 2. The highest BCUT2D eigenvalue weighted by atomic mass is 16.6. The first-order valence-corrected chi connectivity index (χ1v) is 4.64. The molecule has 2 heteroatoms. The third-order valence-electron chi connectivity index (χ3n) is 2.68. The number of epoxide rings is 1. The van der Waals surface area contributed by atoms with Crippen LogP contribution in [0.3, 0.4) is 0 Å². The topological polar surface area (TPSA) is 38.5 Å². The van der Waals surface area contributed by atoms with Gasteiger partial charge in [0.05, 0.1) is 6.61 Å². The van der Waals surface area contributed by atoms with E-state index in [-0.39, 0.29) is 11.6 Å². The van der Waals surface area contributed by atoms with Crippen LogP contribution < -0.4 is 5.73 Å². The largest absolute Gasteiger partial charge is 0.368 e. The summed E-state index contributed by atoms with van der Waals surface area (Å²) < 4.78 is 5.30. The summed E-state index contributed by atoms with van der Waals surface area (Å²) in [6, 6.07) is 10.4. The fourth-order valence-corrected chi connectivity index (χ4v) is 1.41. The molecule has 0 spiro atoms. The Morgan fingerprint density at radius 1 is 1.46 bits per heavy atom. The minimum absolute atomic E-state index is 0.0597. The van der Waals surface area contributed by atoms with Crippen LogP contribution in [0, 0.1) is 0 Å². The van der Waals surface area contributed by atoms with E-state index in [2.05, 4.69) is 19.1 Å². The Labute approximate surface area is 78.7 Å². The third-order valence-corrected chi connectivity index (χ3v) is 2.68. The maximum atomic E-state index is 6.02. The lowest BCUT2D eigenvalue weighted by atomic mass is 9.96. The van der Waals surface area contributed by atoms with Gasteiger partial charge >= 0.3 is 0 Å². The number of benzene rings is 1. The van der Waals surface area contributed by atoms with E-state index in [9.17, 15) is 0 Å². The number of hydrogen-bond donors (Lipinski definition) is 1. The average molecular weight is 177 g/mol. The molecule has 1 heterocycles. The van der Waals surface area contributed by atoms with Gasteiger partial charge in [-0.1, -0.05) is 30.3 Å². The van der Waals surface area contributed by atoms with E-state index in [1.54, 1.807) is 0 Å². The molecule has 0 aromatic heterocycles. The van der Waals surface area contributed by atoms with E-state index in [4.69, 9.17) is 10.5 Å². The predicted octanol–water partition coefficient (Wildman–Crippen LogP) is 1.35. The van der Waals surface area contributed by atoms with Crippen LogP contribution in [0.25, 0.3) is 0 Å². The molecule has 1 aromatic rings. The Morgan fingerprint density at radius 3 is 2.62 bits per heavy atom. The molecule has 2 N–H and O–H groups in total. The highest BCUT2D eigenvalue weighted by molar-refractivity contribution is 5.17. The van der Waals surface area contributed by atoms with Gasteiger partial charge in [0.2, 0.25) is 0 Å². The quantitative estimate of drug-likeness (QED) is 0.708. The van der Waals surface area contributed by atoms with Gasteiger partial charge in [0.15, 0.2) is 0 Å². The molecule has 2 atom stereocenters. The minimum atomic E-state index is -0.0597. The molecular formula is C11H15NO. The monoisotopic (exact) mass is 177 g/mol. The Morgan fingerprint density at radius 2 is 2.08 bits per heavy atom. The Hall–Kier alpha value is -0.860. The summed E-state index contributed by atoms with van der Waals surface area (Å²) >= 11 is 0. The molecule has 0 amide bonds. The minimum Gasteiger partial charge on any atom is -0.368 e. The van der Waals surface area contributed by atoms with Gasteiger partial charge in [-0.2, -0.15) is 0 Å². The smallest absolute Gasteiger partial charge is 0.104 e. The molecule has 2 nitrogen and oxygen atoms in total. The standard InChI is InChI=1S/C11H15NO/c1-11(8-13-11)10(12)7-9-5-3-2-4-6-9/h2-6,10H,7-8,12H2,1H3. The van der Waals surface area contributed by atoms with Crippen LogP contribution in [0.5, 0.6) is 0 Å². The normalized spacial score (nSPS) is 28.5. The highest BCUT2D eigenvalue weighted by Gasteiger charge is 2.44. The Kier molecular flexibility index (Phi) is 2.10. The van der Waals surface area contributed by atoms with Crippen LogP contribution >= 0.6 is 0 Å². The maximum absolute atomic E-state index is 6.02. The second-order valence-corrected chi connectivity index (χ2v) is 3.90. The molecule has 70 valence electrons. The molecule has 2 unspecified atom stereocenters. The van der Waals surface area contributed by atoms with Crippen molar-refractivity contribution in [3.8, 4) is 0 Å². The van der Waals surface area contributed by atoms with Crippen LogP contribution in [0.15, 0.2) is 30.3 Å². The van der Waals surface area contributed by atoms with E-state index in [0.29, 0.717) is 0 Å². The molecular weight excluding hydrogens is 162 g/mol. The van der Waals surface area contributed by atoms with E-state index >= 15 is 0 Å². The molecule has 1 saturated heterocycles. The summed E-state index contributed by atoms with van der Waals surface area (Å²) in [6.45, 7) is 2.88. The van der Waals surface area contributed by atoms with Gasteiger partial charge in [-0.25, -0.2) is 0 Å². The lowest BCUT2D eigenvalue weighted by Gasteiger charge is -2.15. The van der Waals surface area contributed by atoms with Crippen molar-refractivity contribution in [2.24, 2.45) is 5.73 Å². The Bertz CT molecular complexity index is 279. The summed E-state index contributed by atoms with van der Waals surface area (Å²) in [6.07, 6.45) is 0.900. The zero-order chi connectivity index (χ0) is 9.31. The van der Waals surface area contributed by atoms with Crippen molar-refractivity contribution in [2.45, 2.75) is 25.0 Å². The summed E-state index contributed by atoms with van der Waals surface area (Å²) in [5.74, 6) is 0. The first-order chi connectivity index (χ1) is 6.21. The van der Waals surface area contributed by atoms with Crippen LogP contribution in [0.2, 0.25) is 0 Å². The number of rotatable bonds is 3. The molecule has 1 aliphatic heterocycles. The maximum Gasteiger partial charge on any atom is 0.104 e. The van der Waals surface area contributed by atoms with Crippen molar-refractivity contribution in [1.29, 1.82) is 0 Å². The molecule has 1 fully saturated rings. The van der Waals surface area contributed by atoms with Gasteiger partial charge < -0.3 is 10.5 Å². The summed E-state index contributed by atoms with van der Waals surface area (Å²) in [7, 11) is 0. The van der Waals surface area contributed by atoms with Crippen molar-refractivity contribution in [3.63, 3.8) is 0 Å². The molecule has 0 saturated carbocycles. The van der Waals surface area contributed by atoms with Crippen LogP contribution in [0.4, 0.5) is 0 Å². The van der Waals surface area contributed by atoms with Crippen molar-refractivity contribution < 1.29 is 4.74 Å². The SMILES string of the molecule is CC1(C(N)Cc2ccccc2)CO1. The van der Waals surface area contributed by atoms with Gasteiger partial charge in [0.1, 0.15) is 5.60 Å². The molecule has 2 rings (SSSR count). The van der Waals surface area contributed by atoms with E-state index in [0.717, 1.165) is 13.0 Å². The average Bonchev–Trinajstić information content (AvgIpc) is 2.87. The molecule has 1 aromatic carbocycles. The summed E-state index contributed by atoms with van der Waals surface area (Å²) in [4.78, 5) is 0. The van der Waals surface area contributed by atoms with Crippen LogP contribution in [0.1, 0.15) is 12.5 Å². The van der Waals surface area contributed by atoms with Crippen molar-refractivity contribution in [2.75, 3.05) is 6.61 Å². The van der Waals surface area contributed by atoms with E-state index < -0.39 is 0 Å². The van der Waals surface area contributed by atoms with Crippen molar-refractivity contribution >= 4 is 0 Å². The van der Waals surface area contributed by atoms with Gasteiger partial charge in [0.25, 0.3) is 0 Å². The Balaban J connectivity index is 1.98. The van der Waals surface area contributed by atoms with E-state index in [1.165, 1.54) is 5.56 Å². The molecule has 1 aliphatic rings. The lowest BCUT2D eigenvalue weighted by Crippen LogP contribution is -2.37. The highest BCUT2D eigenvalue weighted by Crippen LogP contribution is 2.30. The first kappa shape index (κ1) is 8.73. The molecule has 0 aliphatic carbocycles. The molecule has 0 bridgehead atoms. The zero-order valence-electron chi connectivity index (χ0n) is 7.86. The fourth-order valence-electron chi connectivity index (χ4n) is 1.41. The van der Waals surface area contributed by atoms with Gasteiger partial charge in [-0.05, 0) is 18.9 Å². The van der Waals surface area contributed by atoms with Gasteiger partial charge in [0, 0.05) is 6.04 Å². The number of nitrogens with two attached hydrogens (primary N) is 1. The lowest BCUT2D eigenvalue weighted by molar-refractivity contribution is 0.281. The number of ether oxygens (including phenoxy) is 1. The molecule has 13 heavy (non-hydrogen) atoms. The first-order valence-electron chi connectivity index (χ1n) is 4.64. The second-order valence-electron chi connectivity index (χ2n) is 3.90. The fraction of sp³-hybridized carbons (Fsp3) is 0.455. The third kappa shape index (κ3) is 1.90. The van der Waals surface area contributed by atoms with Crippen LogP contribution in [-0.4, -0.2) is 18.2 Å². The van der Waals surface area contributed by atoms with Gasteiger partial charge in [-0.3, -0.25) is 0 Å². The van der Waals surface area contributed by atoms with Crippen molar-refractivity contribution in [1.82, 2.24) is 0 Å². The van der Waals surface area contributed by atoms with Crippen molar-refractivity contribution in [3.05, 3.63) is 35.9 Å². The second kappa shape index (κ2) is 3.13. The predicted molar refractivity (Wildman–Crippen MR) is 52.5 cm³/mol. The van der Waals surface area contributed by atoms with Crippen LogP contribution in [-0.2, 0) is 11.2 Å². The molecule has 0 radical (unpaired) electrons. The van der Waals surface area contributed by atoms with E-state index in [1.807, 2.05) is 18.2 Å².